The van der Waals surface area contributed by atoms with Crippen LogP contribution in [0.3, 0.4) is 0 Å². The number of hydrogen-bond donors (Lipinski definition) is 12. The van der Waals surface area contributed by atoms with Gasteiger partial charge in [-0.05, 0) is 49.4 Å². The number of hydrogen-bond acceptors (Lipinski definition) is 12. The molecule has 624 valence electrons. The van der Waals surface area contributed by atoms with Crippen LogP contribution in [-0.2, 0) is 19.2 Å². The second-order valence-corrected chi connectivity index (χ2v) is 31.6. The van der Waals surface area contributed by atoms with Crippen molar-refractivity contribution in [2.75, 3.05) is 105 Å². The van der Waals surface area contributed by atoms with Gasteiger partial charge in [0.15, 0.2) is 0 Å². The summed E-state index contributed by atoms with van der Waals surface area (Å²) in [5, 5.41) is 27.2. The Morgan fingerprint density at radius 2 is 0.500 bits per heavy atom. The number of amides is 8. The highest BCUT2D eigenvalue weighted by Gasteiger charge is 2.24. The number of nitrogens with two attached hydrogens (primary N) is 2. The van der Waals surface area contributed by atoms with E-state index in [4.69, 9.17) is 11.5 Å². The molecular weight excluding hydrogens is 1330 g/mol. The van der Waals surface area contributed by atoms with E-state index in [0.717, 1.165) is 101 Å². The number of nitrogens with zero attached hydrogens (tertiary/aromatic N) is 2. The monoisotopic (exact) mass is 1500 g/mol. The first kappa shape index (κ1) is 100. The van der Waals surface area contributed by atoms with Gasteiger partial charge in [0, 0.05) is 117 Å². The van der Waals surface area contributed by atoms with Crippen molar-refractivity contribution in [1.29, 1.82) is 0 Å². The maximum atomic E-state index is 12.5. The van der Waals surface area contributed by atoms with Crippen LogP contribution in [0, 0.1) is 23.7 Å². The van der Waals surface area contributed by atoms with E-state index >= 15 is 0 Å². The second-order valence-electron chi connectivity index (χ2n) is 31.6. The highest BCUT2D eigenvalue weighted by Crippen LogP contribution is 2.36. The number of rotatable bonds is 80. The van der Waals surface area contributed by atoms with Crippen LogP contribution in [-0.4, -0.2) is 150 Å². The van der Waals surface area contributed by atoms with E-state index in [1.165, 1.54) is 283 Å². The summed E-state index contributed by atoms with van der Waals surface area (Å²) >= 11 is 0. The standard InChI is InChI=1S/C44H86N8O4.C42H88N6O2/c1-3-5-7-9-11-13-15-19-25-39(27-21-17-23-29-41(53)45-31-33-49-51-37-35-47-43(51)55)40(26-20-16-14-12-10-8-6-4-2)28-22-18-24-30-42(54)46-32-34-50-52-38-36-48-44(52)56;1-3-5-7-9-11-13-15-19-25-39(27-21-17-23-29-41(49)47-37-35-45-33-31-43)40(26-20-16-14-12-10-8-6-4-2)28-22-18-24-30-42(50)48-38-36-46-34-32-44/h39-40,49-50H,3-38H2,1-2H3,(H,45,53)(H,46,54)(H,47,55)(H,48,56);39-40,45-46H,3-38,43-44H2,1-2H3,(H,47,49)(H,48,50). The second kappa shape index (κ2) is 77.9. The van der Waals surface area contributed by atoms with Crippen LogP contribution in [0.25, 0.3) is 0 Å². The van der Waals surface area contributed by atoms with Gasteiger partial charge >= 0.3 is 12.1 Å². The van der Waals surface area contributed by atoms with Crippen molar-refractivity contribution in [3.05, 3.63) is 0 Å². The third-order valence-corrected chi connectivity index (χ3v) is 22.1. The summed E-state index contributed by atoms with van der Waals surface area (Å²) in [6.07, 6.45) is 69.8. The van der Waals surface area contributed by atoms with E-state index < -0.39 is 0 Å². The maximum Gasteiger partial charge on any atom is 0.331 e. The predicted molar refractivity (Wildman–Crippen MR) is 447 cm³/mol. The minimum atomic E-state index is -0.103. The Hall–Kier alpha value is -3.82. The van der Waals surface area contributed by atoms with Crippen LogP contribution in [0.1, 0.15) is 387 Å². The zero-order valence-electron chi connectivity index (χ0n) is 69.7. The average molecular weight is 1500 g/mol. The van der Waals surface area contributed by atoms with E-state index in [9.17, 15) is 28.8 Å². The lowest BCUT2D eigenvalue weighted by atomic mass is 9.78. The zero-order valence-corrected chi connectivity index (χ0v) is 69.7. The van der Waals surface area contributed by atoms with Gasteiger partial charge in [0.1, 0.15) is 0 Å². The molecule has 0 aromatic heterocycles. The summed E-state index contributed by atoms with van der Waals surface area (Å²) in [6, 6.07) is -0.206. The van der Waals surface area contributed by atoms with E-state index in [1.807, 2.05) is 0 Å². The summed E-state index contributed by atoms with van der Waals surface area (Å²) in [6.45, 7) is 19.7. The Bertz CT molecular complexity index is 1860. The number of nitrogens with one attached hydrogen (secondary N) is 10. The van der Waals surface area contributed by atoms with Crippen LogP contribution >= 0.6 is 0 Å². The van der Waals surface area contributed by atoms with Crippen molar-refractivity contribution in [3.63, 3.8) is 0 Å². The number of unbranched alkanes of at least 4 members (excludes halogenated alkanes) is 36. The molecule has 8 amide bonds. The molecule has 0 aromatic carbocycles. The molecule has 2 fully saturated rings. The number of hydrazine groups is 2. The van der Waals surface area contributed by atoms with Gasteiger partial charge in [-0.25, -0.2) is 20.4 Å². The van der Waals surface area contributed by atoms with Crippen LogP contribution in [0.4, 0.5) is 9.59 Å². The fourth-order valence-corrected chi connectivity index (χ4v) is 15.5. The summed E-state index contributed by atoms with van der Waals surface area (Å²) in [4.78, 5) is 73.0. The van der Waals surface area contributed by atoms with E-state index in [0.29, 0.717) is 104 Å². The lowest BCUT2D eigenvalue weighted by molar-refractivity contribution is -0.122. The Balaban J connectivity index is 0.00000107. The quantitative estimate of drug-likeness (QED) is 0.0253. The van der Waals surface area contributed by atoms with Crippen molar-refractivity contribution >= 4 is 35.7 Å². The fourth-order valence-electron chi connectivity index (χ4n) is 15.5. The highest BCUT2D eigenvalue weighted by atomic mass is 16.2. The van der Waals surface area contributed by atoms with Gasteiger partial charge in [0.25, 0.3) is 0 Å². The zero-order chi connectivity index (χ0) is 76.9. The van der Waals surface area contributed by atoms with Gasteiger partial charge < -0.3 is 54.0 Å². The molecule has 14 N–H and O–H groups in total. The van der Waals surface area contributed by atoms with Crippen LogP contribution in [0.5, 0.6) is 0 Å². The molecule has 2 aliphatic rings. The minimum Gasteiger partial charge on any atom is -0.355 e. The molecule has 2 rings (SSSR count). The van der Waals surface area contributed by atoms with Crippen LogP contribution in [0.15, 0.2) is 0 Å². The summed E-state index contributed by atoms with van der Waals surface area (Å²) in [7, 11) is 0. The van der Waals surface area contributed by atoms with Crippen molar-refractivity contribution in [3.8, 4) is 0 Å². The molecule has 0 aromatic rings. The maximum absolute atomic E-state index is 12.5. The molecule has 0 spiro atoms. The normalized spacial score (nSPS) is 14.0. The molecule has 2 aliphatic heterocycles. The van der Waals surface area contributed by atoms with Crippen molar-refractivity contribution in [2.45, 2.75) is 387 Å². The smallest absolute Gasteiger partial charge is 0.331 e. The summed E-state index contributed by atoms with van der Waals surface area (Å²) < 4.78 is 0. The lowest BCUT2D eigenvalue weighted by Crippen LogP contribution is -2.44. The first-order chi connectivity index (χ1) is 52.0. The van der Waals surface area contributed by atoms with Gasteiger partial charge in [-0.1, -0.05) is 336 Å². The minimum absolute atomic E-state index is 0.0993. The highest BCUT2D eigenvalue weighted by molar-refractivity contribution is 5.77. The van der Waals surface area contributed by atoms with E-state index in [-0.39, 0.29) is 35.7 Å². The molecule has 0 bridgehead atoms. The SMILES string of the molecule is CCCCCCCCCCC(CCCCCC(=O)NCCNCCN)C(CCCCCCCCCC)CCCCCC(=O)NCCNCCN.CCCCCCCCCCC(CCCCCC(=O)NCCNN1CCNC1=O)C(CCCCCCCCCC)CCCCCC(=O)NCCNN1CCNC1=O. The molecule has 0 saturated carbocycles. The fraction of sp³-hybridized carbons (Fsp3) is 0.930. The number of urea groups is 2. The Kier molecular flexibility index (Phi) is 73.6. The van der Waals surface area contributed by atoms with Gasteiger partial charge in [-0.3, -0.25) is 29.2 Å². The Morgan fingerprint density at radius 1 is 0.292 bits per heavy atom. The average Bonchev–Trinajstić information content (AvgIpc) is 1.76. The van der Waals surface area contributed by atoms with Gasteiger partial charge in [-0.2, -0.15) is 0 Å². The molecular formula is C86H174N14O6. The van der Waals surface area contributed by atoms with Gasteiger partial charge in [0.05, 0.1) is 13.1 Å². The summed E-state index contributed by atoms with van der Waals surface area (Å²) in [5.74, 6) is 3.65. The number of carbonyl (C=O) groups excluding carboxylic acids is 6. The Morgan fingerprint density at radius 3 is 0.708 bits per heavy atom. The third kappa shape index (κ3) is 63.9. The summed E-state index contributed by atoms with van der Waals surface area (Å²) in [5.41, 5.74) is 17.2. The molecule has 4 atom stereocenters. The first-order valence-electron chi connectivity index (χ1n) is 45.5. The third-order valence-electron chi connectivity index (χ3n) is 22.1. The largest absolute Gasteiger partial charge is 0.355 e. The van der Waals surface area contributed by atoms with Crippen molar-refractivity contribution in [2.24, 2.45) is 35.1 Å². The van der Waals surface area contributed by atoms with Crippen LogP contribution in [0.2, 0.25) is 0 Å². The van der Waals surface area contributed by atoms with Crippen LogP contribution < -0.4 is 64.9 Å². The molecule has 2 saturated heterocycles. The molecule has 20 nitrogen and oxygen atoms in total. The number of carbonyl (C=O) groups is 6. The lowest BCUT2D eigenvalue weighted by Gasteiger charge is -2.28. The molecule has 4 unspecified atom stereocenters. The molecule has 20 heteroatoms. The molecule has 0 radical (unpaired) electrons. The van der Waals surface area contributed by atoms with E-state index in [1.54, 1.807) is 10.0 Å². The van der Waals surface area contributed by atoms with Gasteiger partial charge in [0.2, 0.25) is 23.6 Å². The molecule has 2 heterocycles. The topological polar surface area (TPSA) is 281 Å². The van der Waals surface area contributed by atoms with E-state index in [2.05, 4.69) is 81.1 Å². The van der Waals surface area contributed by atoms with Crippen molar-refractivity contribution < 1.29 is 28.8 Å². The first-order valence-corrected chi connectivity index (χ1v) is 45.5. The van der Waals surface area contributed by atoms with Crippen molar-refractivity contribution in [1.82, 2.24) is 63.4 Å². The predicted octanol–water partition coefficient (Wildman–Crippen LogP) is 17.0. The molecule has 106 heavy (non-hydrogen) atoms. The molecule has 0 aliphatic carbocycles. The van der Waals surface area contributed by atoms with Gasteiger partial charge in [-0.15, -0.1) is 0 Å². The Labute approximate surface area is 651 Å².